The number of carbonyl (C=O) groups is 1. The molecular formula is C16H15FO3. The van der Waals surface area contributed by atoms with E-state index in [4.69, 9.17) is 9.47 Å². The van der Waals surface area contributed by atoms with Gasteiger partial charge < -0.3 is 9.47 Å². The smallest absolute Gasteiger partial charge is 0.343 e. The van der Waals surface area contributed by atoms with Crippen molar-refractivity contribution < 1.29 is 18.7 Å². The molecule has 4 heteroatoms. The van der Waals surface area contributed by atoms with Crippen LogP contribution in [-0.4, -0.2) is 13.1 Å². The molecule has 0 aliphatic rings. The van der Waals surface area contributed by atoms with Crippen LogP contribution in [0.3, 0.4) is 0 Å². The molecule has 0 aromatic heterocycles. The highest BCUT2D eigenvalue weighted by Crippen LogP contribution is 2.28. The number of methoxy groups -OCH3 is 1. The fraction of sp³-hybridized carbons (Fsp3) is 0.188. The predicted molar refractivity (Wildman–Crippen MR) is 73.8 cm³/mol. The Kier molecular flexibility index (Phi) is 4.03. The predicted octanol–water partition coefficient (Wildman–Crippen LogP) is 3.67. The van der Waals surface area contributed by atoms with E-state index in [1.54, 1.807) is 25.1 Å². The monoisotopic (exact) mass is 274 g/mol. The molecular weight excluding hydrogens is 259 g/mol. The molecule has 0 N–H and O–H groups in total. The average Bonchev–Trinajstić information content (AvgIpc) is 2.43. The van der Waals surface area contributed by atoms with Crippen LogP contribution < -0.4 is 9.47 Å². The molecule has 0 aliphatic carbocycles. The molecule has 2 aromatic carbocycles. The summed E-state index contributed by atoms with van der Waals surface area (Å²) in [5.41, 5.74) is 1.63. The number of carbonyl (C=O) groups excluding carboxylic acids is 1. The summed E-state index contributed by atoms with van der Waals surface area (Å²) >= 11 is 0. The number of aryl methyl sites for hydroxylation is 2. The quantitative estimate of drug-likeness (QED) is 0.633. The van der Waals surface area contributed by atoms with Gasteiger partial charge in [0.15, 0.2) is 11.5 Å². The summed E-state index contributed by atoms with van der Waals surface area (Å²) in [5, 5.41) is 0. The van der Waals surface area contributed by atoms with Crippen LogP contribution in [0.15, 0.2) is 36.4 Å². The summed E-state index contributed by atoms with van der Waals surface area (Å²) in [6.07, 6.45) is 0. The molecule has 104 valence electrons. The SMILES string of the molecule is COc1cc(C)ccc1OC(=O)c1ccc(C)c(F)c1. The molecule has 0 saturated carbocycles. The van der Waals surface area contributed by atoms with Crippen LogP contribution in [0.1, 0.15) is 21.5 Å². The number of hydrogen-bond donors (Lipinski definition) is 0. The Labute approximate surface area is 117 Å². The lowest BCUT2D eigenvalue weighted by Crippen LogP contribution is -2.10. The highest BCUT2D eigenvalue weighted by Gasteiger charge is 2.13. The zero-order valence-corrected chi connectivity index (χ0v) is 11.6. The third-order valence-corrected chi connectivity index (χ3v) is 2.93. The Balaban J connectivity index is 2.25. The number of rotatable bonds is 3. The van der Waals surface area contributed by atoms with Crippen molar-refractivity contribution in [1.82, 2.24) is 0 Å². The maximum atomic E-state index is 13.4. The van der Waals surface area contributed by atoms with Gasteiger partial charge in [-0.2, -0.15) is 0 Å². The van der Waals surface area contributed by atoms with E-state index in [1.807, 2.05) is 6.92 Å². The minimum absolute atomic E-state index is 0.163. The average molecular weight is 274 g/mol. The molecule has 2 rings (SSSR count). The highest BCUT2D eigenvalue weighted by molar-refractivity contribution is 5.91. The van der Waals surface area contributed by atoms with Crippen LogP contribution in [0.25, 0.3) is 0 Å². The Morgan fingerprint density at radius 3 is 2.45 bits per heavy atom. The molecule has 0 bridgehead atoms. The van der Waals surface area contributed by atoms with Gasteiger partial charge in [-0.15, -0.1) is 0 Å². The van der Waals surface area contributed by atoms with Crippen molar-refractivity contribution in [2.75, 3.05) is 7.11 Å². The molecule has 0 amide bonds. The van der Waals surface area contributed by atoms with E-state index in [-0.39, 0.29) is 5.56 Å². The van der Waals surface area contributed by atoms with E-state index in [9.17, 15) is 9.18 Å². The number of benzene rings is 2. The summed E-state index contributed by atoms with van der Waals surface area (Å²) in [6.45, 7) is 3.54. The Morgan fingerprint density at radius 2 is 1.80 bits per heavy atom. The van der Waals surface area contributed by atoms with Gasteiger partial charge in [-0.05, 0) is 49.2 Å². The van der Waals surface area contributed by atoms with Crippen molar-refractivity contribution in [3.8, 4) is 11.5 Å². The van der Waals surface area contributed by atoms with Gasteiger partial charge in [0.2, 0.25) is 0 Å². The fourth-order valence-electron chi connectivity index (χ4n) is 1.74. The van der Waals surface area contributed by atoms with Crippen molar-refractivity contribution in [2.24, 2.45) is 0 Å². The molecule has 20 heavy (non-hydrogen) atoms. The summed E-state index contributed by atoms with van der Waals surface area (Å²) in [7, 11) is 1.50. The molecule has 3 nitrogen and oxygen atoms in total. The lowest BCUT2D eigenvalue weighted by molar-refractivity contribution is 0.0729. The summed E-state index contributed by atoms with van der Waals surface area (Å²) in [6, 6.07) is 9.45. The van der Waals surface area contributed by atoms with Gasteiger partial charge in [-0.1, -0.05) is 12.1 Å². The Bertz CT molecular complexity index is 650. The maximum Gasteiger partial charge on any atom is 0.343 e. The molecule has 0 heterocycles. The summed E-state index contributed by atoms with van der Waals surface area (Å²) in [4.78, 5) is 12.0. The lowest BCUT2D eigenvalue weighted by Gasteiger charge is -2.10. The first kappa shape index (κ1) is 14.1. The van der Waals surface area contributed by atoms with Crippen LogP contribution in [0.4, 0.5) is 4.39 Å². The van der Waals surface area contributed by atoms with Gasteiger partial charge in [0.1, 0.15) is 5.82 Å². The largest absolute Gasteiger partial charge is 0.493 e. The number of hydrogen-bond acceptors (Lipinski definition) is 3. The van der Waals surface area contributed by atoms with Gasteiger partial charge >= 0.3 is 5.97 Å². The van der Waals surface area contributed by atoms with E-state index in [0.29, 0.717) is 17.1 Å². The molecule has 0 aliphatic heterocycles. The first-order valence-corrected chi connectivity index (χ1v) is 6.14. The third-order valence-electron chi connectivity index (χ3n) is 2.93. The second-order valence-electron chi connectivity index (χ2n) is 4.51. The second-order valence-corrected chi connectivity index (χ2v) is 4.51. The number of halogens is 1. The normalized spacial score (nSPS) is 10.2. The van der Waals surface area contributed by atoms with E-state index in [0.717, 1.165) is 5.56 Å². The van der Waals surface area contributed by atoms with Crippen LogP contribution in [0, 0.1) is 19.7 Å². The minimum Gasteiger partial charge on any atom is -0.493 e. The fourth-order valence-corrected chi connectivity index (χ4v) is 1.74. The maximum absolute atomic E-state index is 13.4. The highest BCUT2D eigenvalue weighted by atomic mass is 19.1. The van der Waals surface area contributed by atoms with E-state index in [1.165, 1.54) is 25.3 Å². The van der Waals surface area contributed by atoms with Crippen LogP contribution in [0.2, 0.25) is 0 Å². The van der Waals surface area contributed by atoms with Gasteiger partial charge in [0.05, 0.1) is 12.7 Å². The lowest BCUT2D eigenvalue weighted by atomic mass is 10.1. The number of esters is 1. The first-order chi connectivity index (χ1) is 9.51. The third kappa shape index (κ3) is 2.96. The van der Waals surface area contributed by atoms with Crippen molar-refractivity contribution >= 4 is 5.97 Å². The zero-order chi connectivity index (χ0) is 14.7. The van der Waals surface area contributed by atoms with Gasteiger partial charge in [-0.3, -0.25) is 0 Å². The molecule has 0 atom stereocenters. The van der Waals surface area contributed by atoms with Crippen molar-refractivity contribution in [2.45, 2.75) is 13.8 Å². The second kappa shape index (κ2) is 5.74. The van der Waals surface area contributed by atoms with E-state index in [2.05, 4.69) is 0 Å². The van der Waals surface area contributed by atoms with E-state index < -0.39 is 11.8 Å². The summed E-state index contributed by atoms with van der Waals surface area (Å²) < 4.78 is 23.8. The molecule has 0 radical (unpaired) electrons. The Hall–Kier alpha value is -2.36. The molecule has 0 saturated heterocycles. The minimum atomic E-state index is -0.619. The van der Waals surface area contributed by atoms with Crippen molar-refractivity contribution in [3.05, 3.63) is 58.9 Å². The topological polar surface area (TPSA) is 35.5 Å². The van der Waals surface area contributed by atoms with Gasteiger partial charge in [0.25, 0.3) is 0 Å². The Morgan fingerprint density at radius 1 is 1.05 bits per heavy atom. The summed E-state index contributed by atoms with van der Waals surface area (Å²) in [5.74, 6) is -0.281. The van der Waals surface area contributed by atoms with Crippen molar-refractivity contribution in [1.29, 1.82) is 0 Å². The van der Waals surface area contributed by atoms with Gasteiger partial charge in [0, 0.05) is 0 Å². The van der Waals surface area contributed by atoms with Crippen molar-refractivity contribution in [3.63, 3.8) is 0 Å². The van der Waals surface area contributed by atoms with Crippen LogP contribution in [-0.2, 0) is 0 Å². The standard InChI is InChI=1S/C16H15FO3/c1-10-4-7-14(15(8-10)19-3)20-16(18)12-6-5-11(2)13(17)9-12/h4-9H,1-3H3. The molecule has 0 fully saturated rings. The zero-order valence-electron chi connectivity index (χ0n) is 11.6. The molecule has 2 aromatic rings. The van der Waals surface area contributed by atoms with Gasteiger partial charge in [-0.25, -0.2) is 9.18 Å². The van der Waals surface area contributed by atoms with E-state index >= 15 is 0 Å². The number of ether oxygens (including phenoxy) is 2. The first-order valence-electron chi connectivity index (χ1n) is 6.14. The molecule has 0 spiro atoms. The molecule has 0 unspecified atom stereocenters. The van der Waals surface area contributed by atoms with Crippen LogP contribution >= 0.6 is 0 Å². The van der Waals surface area contributed by atoms with Crippen LogP contribution in [0.5, 0.6) is 11.5 Å².